The largest absolute Gasteiger partial charge is 0.591 e. The Morgan fingerprint density at radius 1 is 1.19 bits per heavy atom. The van der Waals surface area contributed by atoms with E-state index in [-0.39, 0.29) is 5.43 Å². The van der Waals surface area contributed by atoms with Gasteiger partial charge >= 0.3 is 0 Å². The van der Waals surface area contributed by atoms with E-state index in [1.807, 2.05) is 46.8 Å². The highest BCUT2D eigenvalue weighted by molar-refractivity contribution is 7.91. The number of benzene rings is 1. The van der Waals surface area contributed by atoms with Gasteiger partial charge in [-0.2, -0.15) is 0 Å². The minimum Gasteiger partial charge on any atom is -0.591 e. The van der Waals surface area contributed by atoms with Crippen molar-refractivity contribution in [2.45, 2.75) is 58.6 Å². The Balaban J connectivity index is 2.15. The zero-order valence-corrected chi connectivity index (χ0v) is 17.6. The molecule has 2 aromatic rings. The summed E-state index contributed by atoms with van der Waals surface area (Å²) < 4.78 is 22.6. The molecule has 146 valence electrons. The van der Waals surface area contributed by atoms with Crippen molar-refractivity contribution in [3.05, 3.63) is 39.5 Å². The fourth-order valence-corrected chi connectivity index (χ4v) is 3.86. The van der Waals surface area contributed by atoms with E-state index >= 15 is 0 Å². The second kappa shape index (κ2) is 7.68. The normalized spacial score (nSPS) is 17.4. The molecule has 1 fully saturated rings. The Morgan fingerprint density at radius 3 is 2.48 bits per heavy atom. The first-order valence-electron chi connectivity index (χ1n) is 9.48. The molecule has 0 amide bonds. The summed E-state index contributed by atoms with van der Waals surface area (Å²) in [6.07, 6.45) is 3.42. The molecule has 0 bridgehead atoms. The van der Waals surface area contributed by atoms with E-state index in [2.05, 4.69) is 9.30 Å². The standard InChI is InChI=1S/C21H28N2O3S/c1-14-11-16(15(2)22-27(25)21(3,4)5)20-17(12-14)18(24)13-19(26-20)23-9-7-6-8-10-23/h11-13H,6-10H2,1-5H3/b22-15-/t27-/m1/s1. The van der Waals surface area contributed by atoms with Crippen LogP contribution in [0.5, 0.6) is 0 Å². The average molecular weight is 389 g/mol. The van der Waals surface area contributed by atoms with Crippen LogP contribution in [0.3, 0.4) is 0 Å². The Hall–Kier alpha value is -1.79. The summed E-state index contributed by atoms with van der Waals surface area (Å²) in [6, 6.07) is 5.39. The molecule has 1 aromatic carbocycles. The number of nitrogens with zero attached hydrogens (tertiary/aromatic N) is 2. The number of fused-ring (bicyclic) bond motifs is 1. The molecule has 2 heterocycles. The van der Waals surface area contributed by atoms with Crippen LogP contribution in [-0.4, -0.2) is 28.1 Å². The van der Waals surface area contributed by atoms with Crippen molar-refractivity contribution in [3.63, 3.8) is 0 Å². The van der Waals surface area contributed by atoms with Crippen LogP contribution in [0.25, 0.3) is 11.0 Å². The highest BCUT2D eigenvalue weighted by Gasteiger charge is 2.27. The lowest BCUT2D eigenvalue weighted by atomic mass is 10.0. The molecule has 0 unspecified atom stereocenters. The van der Waals surface area contributed by atoms with Crippen molar-refractivity contribution >= 4 is 33.9 Å². The molecular weight excluding hydrogens is 360 g/mol. The van der Waals surface area contributed by atoms with Gasteiger partial charge in [0.2, 0.25) is 0 Å². The Kier molecular flexibility index (Phi) is 5.68. The van der Waals surface area contributed by atoms with Crippen LogP contribution >= 0.6 is 0 Å². The van der Waals surface area contributed by atoms with Crippen LogP contribution in [0.1, 0.15) is 58.1 Å². The molecule has 6 heteroatoms. The summed E-state index contributed by atoms with van der Waals surface area (Å²) in [5.41, 5.74) is 2.79. The molecule has 1 aliphatic heterocycles. The van der Waals surface area contributed by atoms with E-state index in [0.717, 1.165) is 37.1 Å². The fourth-order valence-electron chi connectivity index (χ4n) is 3.24. The van der Waals surface area contributed by atoms with Gasteiger partial charge in [-0.05, 0) is 71.6 Å². The number of hydrogen-bond acceptors (Lipinski definition) is 5. The number of rotatable bonds is 3. The highest BCUT2D eigenvalue weighted by atomic mass is 32.2. The zero-order chi connectivity index (χ0) is 19.8. The van der Waals surface area contributed by atoms with Gasteiger partial charge in [0.25, 0.3) is 0 Å². The fraction of sp³-hybridized carbons (Fsp3) is 0.524. The third kappa shape index (κ3) is 4.38. The molecule has 1 saturated heterocycles. The van der Waals surface area contributed by atoms with Crippen LogP contribution in [-0.2, 0) is 11.4 Å². The van der Waals surface area contributed by atoms with Crippen molar-refractivity contribution < 1.29 is 8.97 Å². The number of anilines is 1. The van der Waals surface area contributed by atoms with Crippen molar-refractivity contribution in [2.24, 2.45) is 4.40 Å². The summed E-state index contributed by atoms with van der Waals surface area (Å²) in [5.74, 6) is 0.613. The summed E-state index contributed by atoms with van der Waals surface area (Å²) in [6.45, 7) is 11.2. The van der Waals surface area contributed by atoms with Gasteiger partial charge in [0.1, 0.15) is 21.7 Å². The maximum absolute atomic E-state index is 12.8. The summed E-state index contributed by atoms with van der Waals surface area (Å²) in [7, 11) is 0. The van der Waals surface area contributed by atoms with Gasteiger partial charge in [-0.15, -0.1) is 0 Å². The predicted molar refractivity (Wildman–Crippen MR) is 113 cm³/mol. The van der Waals surface area contributed by atoms with Crippen LogP contribution in [0.15, 0.2) is 31.8 Å². The molecule has 1 atom stereocenters. The smallest absolute Gasteiger partial charge is 0.200 e. The molecule has 0 saturated carbocycles. The third-order valence-electron chi connectivity index (χ3n) is 4.76. The first-order valence-corrected chi connectivity index (χ1v) is 10.6. The zero-order valence-electron chi connectivity index (χ0n) is 16.8. The van der Waals surface area contributed by atoms with Crippen molar-refractivity contribution in [3.8, 4) is 0 Å². The van der Waals surface area contributed by atoms with Gasteiger partial charge in [-0.1, -0.05) is 4.40 Å². The van der Waals surface area contributed by atoms with Gasteiger partial charge in [-0.25, -0.2) is 0 Å². The van der Waals surface area contributed by atoms with E-state index in [0.29, 0.717) is 22.6 Å². The van der Waals surface area contributed by atoms with Gasteiger partial charge in [0, 0.05) is 24.7 Å². The molecule has 1 aliphatic rings. The van der Waals surface area contributed by atoms with E-state index in [4.69, 9.17) is 4.42 Å². The third-order valence-corrected chi connectivity index (χ3v) is 6.25. The maximum atomic E-state index is 12.8. The van der Waals surface area contributed by atoms with Crippen molar-refractivity contribution in [1.29, 1.82) is 0 Å². The van der Waals surface area contributed by atoms with Gasteiger partial charge in [0.15, 0.2) is 11.3 Å². The maximum Gasteiger partial charge on any atom is 0.200 e. The highest BCUT2D eigenvalue weighted by Crippen LogP contribution is 2.27. The predicted octanol–water partition coefficient (Wildman–Crippen LogP) is 4.36. The topological polar surface area (TPSA) is 68.9 Å². The van der Waals surface area contributed by atoms with Crippen LogP contribution in [0, 0.1) is 6.92 Å². The summed E-state index contributed by atoms with van der Waals surface area (Å²) >= 11 is -1.37. The van der Waals surface area contributed by atoms with Crippen molar-refractivity contribution in [1.82, 2.24) is 0 Å². The first kappa shape index (κ1) is 20.0. The lowest BCUT2D eigenvalue weighted by Gasteiger charge is -2.27. The molecule has 1 aromatic heterocycles. The molecule has 0 N–H and O–H groups in total. The molecular formula is C21H28N2O3S. The molecule has 27 heavy (non-hydrogen) atoms. The van der Waals surface area contributed by atoms with E-state index < -0.39 is 16.1 Å². The first-order chi connectivity index (χ1) is 12.7. The van der Waals surface area contributed by atoms with Gasteiger partial charge in [0.05, 0.1) is 11.1 Å². The van der Waals surface area contributed by atoms with E-state index in [1.54, 1.807) is 6.07 Å². The Labute approximate surface area is 163 Å². The number of piperidine rings is 1. The number of hydrogen-bond donors (Lipinski definition) is 0. The van der Waals surface area contributed by atoms with E-state index in [1.165, 1.54) is 6.42 Å². The van der Waals surface area contributed by atoms with Gasteiger partial charge in [-0.3, -0.25) is 4.79 Å². The molecule has 3 rings (SSSR count). The molecule has 5 nitrogen and oxygen atoms in total. The summed E-state index contributed by atoms with van der Waals surface area (Å²) in [4.78, 5) is 14.9. The SMILES string of the molecule is C/C(=N/[S@+]([O-])C(C)(C)C)c1cc(C)cc2c(=O)cc(N3CCCCC3)oc12. The monoisotopic (exact) mass is 388 g/mol. The number of aryl methyl sites for hydroxylation is 1. The van der Waals surface area contributed by atoms with Crippen LogP contribution in [0.4, 0.5) is 5.88 Å². The molecule has 0 radical (unpaired) electrons. The Bertz CT molecular complexity index is 921. The van der Waals surface area contributed by atoms with Crippen LogP contribution < -0.4 is 10.3 Å². The minimum absolute atomic E-state index is 0.0495. The minimum atomic E-state index is -1.37. The second-order valence-electron chi connectivity index (χ2n) is 8.22. The van der Waals surface area contributed by atoms with Gasteiger partial charge < -0.3 is 13.9 Å². The Morgan fingerprint density at radius 2 is 1.85 bits per heavy atom. The average Bonchev–Trinajstić information content (AvgIpc) is 2.61. The van der Waals surface area contributed by atoms with E-state index in [9.17, 15) is 9.35 Å². The quantitative estimate of drug-likeness (QED) is 0.578. The lowest BCUT2D eigenvalue weighted by Crippen LogP contribution is -2.30. The summed E-state index contributed by atoms with van der Waals surface area (Å²) in [5, 5.41) is 0.543. The molecule has 0 aliphatic carbocycles. The van der Waals surface area contributed by atoms with Crippen molar-refractivity contribution in [2.75, 3.05) is 18.0 Å². The second-order valence-corrected chi connectivity index (χ2v) is 10.1. The van der Waals surface area contributed by atoms with Crippen LogP contribution in [0.2, 0.25) is 0 Å². The lowest BCUT2D eigenvalue weighted by molar-refractivity contribution is 0.512. The molecule has 0 spiro atoms.